The van der Waals surface area contributed by atoms with Crippen LogP contribution in [0.5, 0.6) is 11.5 Å². The van der Waals surface area contributed by atoms with E-state index in [0.29, 0.717) is 30.9 Å². The van der Waals surface area contributed by atoms with Crippen LogP contribution in [0, 0.1) is 5.92 Å². The molecular formula is C28H29NO5. The number of piperidine rings is 1. The van der Waals surface area contributed by atoms with Crippen LogP contribution in [-0.4, -0.2) is 52.6 Å². The molecule has 1 unspecified atom stereocenters. The molecule has 5 aliphatic rings. The van der Waals surface area contributed by atoms with Gasteiger partial charge in [0.25, 0.3) is 0 Å². The fraction of sp³-hybridized carbons (Fsp3) is 0.500. The SMILES string of the molecule is O=C(Cc1ccccc1)O[C@@]12CCC(=O)[C@@H]3Oc4c(O)ccc5c4[C@@]31CCN(CC1CC1)C2C5. The zero-order chi connectivity index (χ0) is 23.1. The fourth-order valence-electron chi connectivity index (χ4n) is 7.44. The summed E-state index contributed by atoms with van der Waals surface area (Å²) in [6.45, 7) is 1.86. The minimum Gasteiger partial charge on any atom is -0.504 e. The van der Waals surface area contributed by atoms with Crippen molar-refractivity contribution in [3.8, 4) is 11.5 Å². The number of ketones is 1. The van der Waals surface area contributed by atoms with E-state index in [-0.39, 0.29) is 30.0 Å². The maximum atomic E-state index is 13.5. The van der Waals surface area contributed by atoms with E-state index >= 15 is 0 Å². The molecule has 1 N–H and O–H groups in total. The molecule has 1 saturated heterocycles. The van der Waals surface area contributed by atoms with Crippen molar-refractivity contribution in [3.63, 3.8) is 0 Å². The first-order valence-corrected chi connectivity index (χ1v) is 12.6. The molecule has 1 spiro atoms. The summed E-state index contributed by atoms with van der Waals surface area (Å²) in [5, 5.41) is 10.7. The van der Waals surface area contributed by atoms with E-state index in [9.17, 15) is 14.7 Å². The van der Waals surface area contributed by atoms with Gasteiger partial charge in [-0.3, -0.25) is 14.5 Å². The summed E-state index contributed by atoms with van der Waals surface area (Å²) in [5.74, 6) is 0.999. The third-order valence-corrected chi connectivity index (χ3v) is 9.01. The van der Waals surface area contributed by atoms with Crippen molar-refractivity contribution in [2.24, 2.45) is 5.92 Å². The van der Waals surface area contributed by atoms with Crippen LogP contribution in [0.25, 0.3) is 0 Å². The summed E-state index contributed by atoms with van der Waals surface area (Å²) in [6.07, 6.45) is 4.26. The first kappa shape index (κ1) is 20.5. The highest BCUT2D eigenvalue weighted by atomic mass is 16.6. The molecule has 3 fully saturated rings. The van der Waals surface area contributed by atoms with Crippen LogP contribution in [-0.2, 0) is 32.6 Å². The summed E-state index contributed by atoms with van der Waals surface area (Å²) in [6, 6.07) is 13.3. The molecular weight excluding hydrogens is 430 g/mol. The van der Waals surface area contributed by atoms with Crippen molar-refractivity contribution in [1.29, 1.82) is 0 Å². The Labute approximate surface area is 198 Å². The molecule has 0 radical (unpaired) electrons. The van der Waals surface area contributed by atoms with Gasteiger partial charge in [-0.15, -0.1) is 0 Å². The largest absolute Gasteiger partial charge is 0.504 e. The molecule has 6 nitrogen and oxygen atoms in total. The molecule has 3 aliphatic carbocycles. The van der Waals surface area contributed by atoms with E-state index in [1.807, 2.05) is 36.4 Å². The number of Topliss-reactive ketones (excluding diaryl/α,β-unsaturated/α-hetero) is 1. The Bertz CT molecular complexity index is 1190. The zero-order valence-electron chi connectivity index (χ0n) is 19.2. The lowest BCUT2D eigenvalue weighted by molar-refractivity contribution is -0.215. The molecule has 4 atom stereocenters. The number of carbonyl (C=O) groups is 2. The van der Waals surface area contributed by atoms with Crippen molar-refractivity contribution in [1.82, 2.24) is 4.90 Å². The Kier molecular flexibility index (Phi) is 4.27. The standard InChI is InChI=1S/C28H29NO5/c30-20-9-8-19-15-22-28(34-23(32)14-17-4-2-1-3-5-17)11-10-21(31)26-27(28,24(19)25(20)33-26)12-13-29(22)16-18-6-7-18/h1-5,8-9,18,22,26,30H,6-7,10-16H2/t22?,26-,27-,28+/m0/s1. The van der Waals surface area contributed by atoms with Gasteiger partial charge < -0.3 is 14.6 Å². The first-order valence-electron chi connectivity index (χ1n) is 12.6. The van der Waals surface area contributed by atoms with Crippen LogP contribution >= 0.6 is 0 Å². The molecule has 2 saturated carbocycles. The topological polar surface area (TPSA) is 76.1 Å². The Morgan fingerprint density at radius 1 is 1.15 bits per heavy atom. The van der Waals surface area contributed by atoms with E-state index in [4.69, 9.17) is 9.47 Å². The molecule has 2 bridgehead atoms. The van der Waals surface area contributed by atoms with Gasteiger partial charge in [-0.25, -0.2) is 0 Å². The van der Waals surface area contributed by atoms with Gasteiger partial charge >= 0.3 is 5.97 Å². The third-order valence-electron chi connectivity index (χ3n) is 9.01. The molecule has 176 valence electrons. The van der Waals surface area contributed by atoms with Gasteiger partial charge in [-0.1, -0.05) is 36.4 Å². The lowest BCUT2D eigenvalue weighted by Crippen LogP contribution is -2.77. The van der Waals surface area contributed by atoms with E-state index in [0.717, 1.165) is 36.2 Å². The number of nitrogens with zero attached hydrogens (tertiary/aromatic N) is 1. The van der Waals surface area contributed by atoms with Gasteiger partial charge in [-0.2, -0.15) is 0 Å². The van der Waals surface area contributed by atoms with Crippen molar-refractivity contribution >= 4 is 11.8 Å². The highest BCUT2D eigenvalue weighted by molar-refractivity contribution is 5.90. The van der Waals surface area contributed by atoms with Gasteiger partial charge in [0, 0.05) is 18.5 Å². The third kappa shape index (κ3) is 2.66. The highest BCUT2D eigenvalue weighted by Gasteiger charge is 2.75. The monoisotopic (exact) mass is 459 g/mol. The van der Waals surface area contributed by atoms with E-state index in [1.165, 1.54) is 12.8 Å². The summed E-state index contributed by atoms with van der Waals surface area (Å²) in [7, 11) is 0. The zero-order valence-corrected chi connectivity index (χ0v) is 19.2. The number of hydrogen-bond donors (Lipinski definition) is 1. The van der Waals surface area contributed by atoms with Gasteiger partial charge in [0.1, 0.15) is 5.60 Å². The van der Waals surface area contributed by atoms with Gasteiger partial charge in [0.05, 0.1) is 17.9 Å². The Hall–Kier alpha value is -2.86. The van der Waals surface area contributed by atoms with E-state index in [2.05, 4.69) is 4.90 Å². The van der Waals surface area contributed by atoms with Crippen LogP contribution < -0.4 is 4.74 Å². The summed E-state index contributed by atoms with van der Waals surface area (Å²) in [5.41, 5.74) is 1.38. The molecule has 0 aromatic heterocycles. The number of rotatable bonds is 5. The molecule has 6 heteroatoms. The molecule has 0 amide bonds. The quantitative estimate of drug-likeness (QED) is 0.692. The molecule has 2 heterocycles. The number of hydrogen-bond acceptors (Lipinski definition) is 6. The Morgan fingerprint density at radius 3 is 2.76 bits per heavy atom. The maximum absolute atomic E-state index is 13.5. The second kappa shape index (κ2) is 7.08. The lowest BCUT2D eigenvalue weighted by Gasteiger charge is -2.63. The summed E-state index contributed by atoms with van der Waals surface area (Å²) < 4.78 is 12.9. The smallest absolute Gasteiger partial charge is 0.310 e. The number of phenols is 1. The summed E-state index contributed by atoms with van der Waals surface area (Å²) >= 11 is 0. The van der Waals surface area contributed by atoms with Gasteiger partial charge in [0.2, 0.25) is 0 Å². The second-order valence-corrected chi connectivity index (χ2v) is 10.8. The average molecular weight is 460 g/mol. The number of aromatic hydroxyl groups is 1. The average Bonchev–Trinajstić information content (AvgIpc) is 3.57. The second-order valence-electron chi connectivity index (χ2n) is 10.8. The van der Waals surface area contributed by atoms with Crippen LogP contribution in [0.2, 0.25) is 0 Å². The molecule has 2 aromatic carbocycles. The molecule has 2 aromatic rings. The molecule has 2 aliphatic heterocycles. The fourth-order valence-corrected chi connectivity index (χ4v) is 7.44. The van der Waals surface area contributed by atoms with E-state index in [1.54, 1.807) is 6.07 Å². The highest BCUT2D eigenvalue weighted by Crippen LogP contribution is 2.66. The summed E-state index contributed by atoms with van der Waals surface area (Å²) in [4.78, 5) is 29.3. The van der Waals surface area contributed by atoms with Crippen molar-refractivity contribution < 1.29 is 24.2 Å². The number of benzene rings is 2. The van der Waals surface area contributed by atoms with Gasteiger partial charge in [0.15, 0.2) is 23.4 Å². The first-order chi connectivity index (χ1) is 16.5. The van der Waals surface area contributed by atoms with Crippen molar-refractivity contribution in [2.45, 2.75) is 68.1 Å². The number of likely N-dealkylation sites (tertiary alicyclic amines) is 1. The Balaban J connectivity index is 1.37. The van der Waals surface area contributed by atoms with Gasteiger partial charge in [-0.05, 0) is 61.8 Å². The van der Waals surface area contributed by atoms with Crippen LogP contribution in [0.3, 0.4) is 0 Å². The Morgan fingerprint density at radius 2 is 1.97 bits per heavy atom. The maximum Gasteiger partial charge on any atom is 0.310 e. The van der Waals surface area contributed by atoms with E-state index < -0.39 is 17.1 Å². The minimum absolute atomic E-state index is 0.00349. The molecule has 34 heavy (non-hydrogen) atoms. The number of phenolic OH excluding ortho intramolecular Hbond substituents is 1. The predicted octanol–water partition coefficient (Wildman–Crippen LogP) is 3.32. The number of ether oxygens (including phenoxy) is 2. The predicted molar refractivity (Wildman–Crippen MR) is 124 cm³/mol. The lowest BCUT2D eigenvalue weighted by atomic mass is 9.48. The van der Waals surface area contributed by atoms with Crippen LogP contribution in [0.4, 0.5) is 0 Å². The molecule has 7 rings (SSSR count). The number of esters is 1. The minimum atomic E-state index is -0.837. The van der Waals surface area contributed by atoms with Crippen molar-refractivity contribution in [3.05, 3.63) is 59.2 Å². The van der Waals surface area contributed by atoms with Crippen LogP contribution in [0.15, 0.2) is 42.5 Å². The number of carbonyl (C=O) groups excluding carboxylic acids is 2. The van der Waals surface area contributed by atoms with Crippen LogP contribution in [0.1, 0.15) is 48.8 Å². The van der Waals surface area contributed by atoms with Crippen molar-refractivity contribution in [2.75, 3.05) is 13.1 Å². The normalized spacial score (nSPS) is 33.2.